The molecule has 1 unspecified atom stereocenters. The van der Waals surface area contributed by atoms with Crippen LogP contribution in [0.5, 0.6) is 0 Å². The lowest BCUT2D eigenvalue weighted by Crippen LogP contribution is -2.26. The molecule has 1 aromatic rings. The second-order valence-corrected chi connectivity index (χ2v) is 6.54. The SMILES string of the molecule is CC(C)CNS(=N)(=O)c1ccc(Br)cc1. The molecule has 0 bridgehead atoms. The van der Waals surface area contributed by atoms with Gasteiger partial charge in [0.05, 0.1) is 4.90 Å². The molecule has 0 aliphatic heterocycles. The molecule has 0 radical (unpaired) electrons. The Bertz CT molecular complexity index is 412. The number of hydrogen-bond acceptors (Lipinski definition) is 2. The van der Waals surface area contributed by atoms with Gasteiger partial charge in [-0.2, -0.15) is 0 Å². The minimum absolute atomic E-state index is 0.381. The van der Waals surface area contributed by atoms with E-state index in [-0.39, 0.29) is 0 Å². The summed E-state index contributed by atoms with van der Waals surface area (Å²) in [6.07, 6.45) is 0. The van der Waals surface area contributed by atoms with Gasteiger partial charge in [-0.05, 0) is 30.2 Å². The summed E-state index contributed by atoms with van der Waals surface area (Å²) in [5.41, 5.74) is 0. The van der Waals surface area contributed by atoms with Crippen molar-refractivity contribution < 1.29 is 4.21 Å². The summed E-state index contributed by atoms with van der Waals surface area (Å²) in [7, 11) is -2.84. The molecule has 1 atom stereocenters. The predicted octanol–water partition coefficient (Wildman–Crippen LogP) is 3.02. The number of hydrogen-bond donors (Lipinski definition) is 2. The minimum atomic E-state index is -2.84. The van der Waals surface area contributed by atoms with E-state index in [4.69, 9.17) is 4.78 Å². The van der Waals surface area contributed by atoms with Gasteiger partial charge in [0.2, 0.25) is 0 Å². The molecule has 3 nitrogen and oxygen atoms in total. The van der Waals surface area contributed by atoms with Gasteiger partial charge in [-0.3, -0.25) is 0 Å². The van der Waals surface area contributed by atoms with E-state index in [2.05, 4.69) is 20.7 Å². The van der Waals surface area contributed by atoms with Crippen molar-refractivity contribution >= 4 is 25.8 Å². The van der Waals surface area contributed by atoms with Crippen LogP contribution < -0.4 is 4.72 Å². The first-order valence-corrected chi connectivity index (χ1v) is 7.06. The van der Waals surface area contributed by atoms with Gasteiger partial charge >= 0.3 is 0 Å². The smallest absolute Gasteiger partial charge is 0.134 e. The average molecular weight is 291 g/mol. The van der Waals surface area contributed by atoms with Gasteiger partial charge in [0.25, 0.3) is 0 Å². The first-order valence-electron chi connectivity index (χ1n) is 4.71. The van der Waals surface area contributed by atoms with Crippen molar-refractivity contribution in [2.24, 2.45) is 5.92 Å². The quantitative estimate of drug-likeness (QED) is 0.880. The highest BCUT2D eigenvalue weighted by molar-refractivity contribution is 9.10. The molecule has 0 saturated heterocycles. The average Bonchev–Trinajstić information content (AvgIpc) is 2.16. The molecule has 0 aliphatic rings. The Morgan fingerprint density at radius 2 is 1.93 bits per heavy atom. The van der Waals surface area contributed by atoms with E-state index in [0.29, 0.717) is 17.4 Å². The third-order valence-corrected chi connectivity index (χ3v) is 3.88. The predicted molar refractivity (Wildman–Crippen MR) is 66.1 cm³/mol. The van der Waals surface area contributed by atoms with Crippen LogP contribution in [-0.2, 0) is 9.92 Å². The standard InChI is InChI=1S/C10H15BrN2OS/c1-8(2)7-13-15(12,14)10-5-3-9(11)4-6-10/h3-6,8H,7H2,1-2H3,(H2,12,13,14). The highest BCUT2D eigenvalue weighted by Crippen LogP contribution is 2.14. The molecule has 0 aliphatic carbocycles. The van der Waals surface area contributed by atoms with Gasteiger partial charge in [0.15, 0.2) is 0 Å². The van der Waals surface area contributed by atoms with Crippen molar-refractivity contribution in [3.05, 3.63) is 28.7 Å². The molecule has 0 fully saturated rings. The summed E-state index contributed by atoms with van der Waals surface area (Å²) in [5.74, 6) is 0.381. The monoisotopic (exact) mass is 290 g/mol. The minimum Gasteiger partial charge on any atom is -0.236 e. The maximum Gasteiger partial charge on any atom is 0.134 e. The Morgan fingerprint density at radius 1 is 1.40 bits per heavy atom. The lowest BCUT2D eigenvalue weighted by Gasteiger charge is -2.11. The molecule has 15 heavy (non-hydrogen) atoms. The van der Waals surface area contributed by atoms with Crippen LogP contribution in [0.1, 0.15) is 13.8 Å². The van der Waals surface area contributed by atoms with Crippen LogP contribution in [0.15, 0.2) is 33.6 Å². The lowest BCUT2D eigenvalue weighted by molar-refractivity contribution is 0.610. The van der Waals surface area contributed by atoms with Crippen LogP contribution in [0.2, 0.25) is 0 Å². The van der Waals surface area contributed by atoms with Crippen LogP contribution in [0, 0.1) is 10.7 Å². The molecule has 84 valence electrons. The van der Waals surface area contributed by atoms with E-state index < -0.39 is 9.92 Å². The maximum absolute atomic E-state index is 11.9. The summed E-state index contributed by atoms with van der Waals surface area (Å²) in [6, 6.07) is 6.99. The normalized spacial score (nSPS) is 15.2. The van der Waals surface area contributed by atoms with E-state index >= 15 is 0 Å². The third kappa shape index (κ3) is 3.93. The van der Waals surface area contributed by atoms with Gasteiger partial charge in [-0.15, -0.1) is 0 Å². The molecular formula is C10H15BrN2OS. The Labute approximate surface area is 99.5 Å². The first-order chi connectivity index (χ1) is 6.92. The zero-order chi connectivity index (χ0) is 11.5. The largest absolute Gasteiger partial charge is 0.236 e. The Kier molecular flexibility index (Phi) is 4.31. The van der Waals surface area contributed by atoms with Crippen molar-refractivity contribution in [2.75, 3.05) is 6.54 Å². The van der Waals surface area contributed by atoms with Crippen molar-refractivity contribution in [1.29, 1.82) is 4.78 Å². The van der Waals surface area contributed by atoms with Gasteiger partial charge in [0.1, 0.15) is 9.92 Å². The molecule has 0 aromatic heterocycles. The van der Waals surface area contributed by atoms with Crippen molar-refractivity contribution in [3.63, 3.8) is 0 Å². The van der Waals surface area contributed by atoms with Gasteiger partial charge in [-0.1, -0.05) is 29.8 Å². The van der Waals surface area contributed by atoms with E-state index in [1.54, 1.807) is 24.3 Å². The van der Waals surface area contributed by atoms with Crippen molar-refractivity contribution in [3.8, 4) is 0 Å². The van der Waals surface area contributed by atoms with Crippen LogP contribution in [-0.4, -0.2) is 10.8 Å². The Hall–Kier alpha value is -0.390. The summed E-state index contributed by atoms with van der Waals surface area (Å²) < 4.78 is 23.4. The molecule has 0 amide bonds. The zero-order valence-electron chi connectivity index (χ0n) is 8.79. The number of halogens is 1. The highest BCUT2D eigenvalue weighted by atomic mass is 79.9. The zero-order valence-corrected chi connectivity index (χ0v) is 11.2. The summed E-state index contributed by atoms with van der Waals surface area (Å²) in [6.45, 7) is 4.62. The molecular weight excluding hydrogens is 276 g/mol. The second-order valence-electron chi connectivity index (χ2n) is 3.75. The fourth-order valence-electron chi connectivity index (χ4n) is 0.994. The molecule has 0 spiro atoms. The maximum atomic E-state index is 11.9. The molecule has 0 heterocycles. The van der Waals surface area contributed by atoms with E-state index in [1.807, 2.05) is 13.8 Å². The first kappa shape index (κ1) is 12.7. The van der Waals surface area contributed by atoms with E-state index in [1.165, 1.54) is 0 Å². The molecule has 5 heteroatoms. The summed E-state index contributed by atoms with van der Waals surface area (Å²) in [5, 5.41) is 0. The van der Waals surface area contributed by atoms with E-state index in [9.17, 15) is 4.21 Å². The van der Waals surface area contributed by atoms with Crippen LogP contribution >= 0.6 is 15.9 Å². The molecule has 1 aromatic carbocycles. The van der Waals surface area contributed by atoms with Crippen LogP contribution in [0.25, 0.3) is 0 Å². The fraction of sp³-hybridized carbons (Fsp3) is 0.400. The lowest BCUT2D eigenvalue weighted by atomic mass is 10.2. The Balaban J connectivity index is 2.82. The second kappa shape index (κ2) is 5.09. The fourth-order valence-corrected chi connectivity index (χ4v) is 2.51. The summed E-state index contributed by atoms with van der Waals surface area (Å²) in [4.78, 5) is 0.520. The van der Waals surface area contributed by atoms with Crippen LogP contribution in [0.3, 0.4) is 0 Å². The molecule has 2 N–H and O–H groups in total. The van der Waals surface area contributed by atoms with Crippen molar-refractivity contribution in [1.82, 2.24) is 4.72 Å². The molecule has 0 saturated carbocycles. The van der Waals surface area contributed by atoms with E-state index in [0.717, 1.165) is 4.47 Å². The molecule has 1 rings (SSSR count). The highest BCUT2D eigenvalue weighted by Gasteiger charge is 2.09. The van der Waals surface area contributed by atoms with Crippen molar-refractivity contribution in [2.45, 2.75) is 18.7 Å². The third-order valence-electron chi connectivity index (χ3n) is 1.84. The topological polar surface area (TPSA) is 53.0 Å². The Morgan fingerprint density at radius 3 is 2.40 bits per heavy atom. The number of nitrogens with one attached hydrogen (secondary N) is 2. The van der Waals surface area contributed by atoms with Gasteiger partial charge < -0.3 is 0 Å². The van der Waals surface area contributed by atoms with Crippen LogP contribution in [0.4, 0.5) is 0 Å². The van der Waals surface area contributed by atoms with Gasteiger partial charge in [0, 0.05) is 11.0 Å². The number of benzene rings is 1. The number of rotatable bonds is 4. The van der Waals surface area contributed by atoms with Gasteiger partial charge in [-0.25, -0.2) is 13.7 Å². The summed E-state index contributed by atoms with van der Waals surface area (Å²) >= 11 is 3.30.